The molecule has 1 rings (SSSR count). The SMILES string of the molecule is CCCCC(CC)(CCCC)Oc1cccc(O)c1O. The summed E-state index contributed by atoms with van der Waals surface area (Å²) in [6.45, 7) is 6.48. The van der Waals surface area contributed by atoms with Crippen molar-refractivity contribution in [3.05, 3.63) is 18.2 Å². The van der Waals surface area contributed by atoms with Crippen molar-refractivity contribution in [2.75, 3.05) is 0 Å². The Morgan fingerprint density at radius 3 is 2.10 bits per heavy atom. The van der Waals surface area contributed by atoms with Gasteiger partial charge in [-0.15, -0.1) is 0 Å². The Labute approximate surface area is 122 Å². The van der Waals surface area contributed by atoms with Crippen molar-refractivity contribution < 1.29 is 14.9 Å². The smallest absolute Gasteiger partial charge is 0.200 e. The van der Waals surface area contributed by atoms with Crippen LogP contribution in [0.4, 0.5) is 0 Å². The van der Waals surface area contributed by atoms with E-state index in [4.69, 9.17) is 4.74 Å². The van der Waals surface area contributed by atoms with E-state index in [0.29, 0.717) is 5.75 Å². The van der Waals surface area contributed by atoms with Crippen LogP contribution in [0.2, 0.25) is 0 Å². The number of rotatable bonds is 9. The maximum Gasteiger partial charge on any atom is 0.200 e. The van der Waals surface area contributed by atoms with Gasteiger partial charge >= 0.3 is 0 Å². The van der Waals surface area contributed by atoms with Gasteiger partial charge in [-0.25, -0.2) is 0 Å². The molecule has 3 nitrogen and oxygen atoms in total. The summed E-state index contributed by atoms with van der Waals surface area (Å²) < 4.78 is 6.16. The Kier molecular flexibility index (Phi) is 6.69. The predicted molar refractivity (Wildman–Crippen MR) is 82.5 cm³/mol. The molecule has 0 saturated carbocycles. The van der Waals surface area contributed by atoms with Crippen molar-refractivity contribution in [1.82, 2.24) is 0 Å². The number of hydrogen-bond acceptors (Lipinski definition) is 3. The number of hydrogen-bond donors (Lipinski definition) is 2. The standard InChI is InChI=1S/C17H28O3/c1-4-7-12-17(6-3,13-8-5-2)20-15-11-9-10-14(18)16(15)19/h9-11,18-19H,4-8,12-13H2,1-3H3. The number of ether oxygens (including phenoxy) is 1. The molecule has 1 aromatic rings. The highest BCUT2D eigenvalue weighted by atomic mass is 16.5. The van der Waals surface area contributed by atoms with Crippen LogP contribution in [0.25, 0.3) is 0 Å². The number of phenolic OH excluding ortho intramolecular Hbond substituents is 2. The molecule has 0 aliphatic rings. The summed E-state index contributed by atoms with van der Waals surface area (Å²) in [6, 6.07) is 4.88. The predicted octanol–water partition coefficient (Wildman–Crippen LogP) is 5.01. The highest BCUT2D eigenvalue weighted by Crippen LogP contribution is 2.39. The zero-order valence-electron chi connectivity index (χ0n) is 13.0. The van der Waals surface area contributed by atoms with Crippen molar-refractivity contribution >= 4 is 0 Å². The second-order valence-electron chi connectivity index (χ2n) is 5.47. The van der Waals surface area contributed by atoms with Gasteiger partial charge in [-0.1, -0.05) is 39.7 Å². The molecular weight excluding hydrogens is 252 g/mol. The first-order valence-corrected chi connectivity index (χ1v) is 7.78. The van der Waals surface area contributed by atoms with Crippen LogP contribution in [-0.2, 0) is 0 Å². The molecule has 0 bridgehead atoms. The fourth-order valence-electron chi connectivity index (χ4n) is 2.48. The molecule has 0 atom stereocenters. The third-order valence-corrected chi connectivity index (χ3v) is 3.92. The molecule has 0 aromatic heterocycles. The highest BCUT2D eigenvalue weighted by molar-refractivity contribution is 5.49. The summed E-state index contributed by atoms with van der Waals surface area (Å²) >= 11 is 0. The van der Waals surface area contributed by atoms with E-state index in [1.54, 1.807) is 12.1 Å². The van der Waals surface area contributed by atoms with E-state index in [9.17, 15) is 10.2 Å². The molecule has 0 spiro atoms. The summed E-state index contributed by atoms with van der Waals surface area (Å²) in [5.41, 5.74) is -0.239. The number of aromatic hydroxyl groups is 2. The normalized spacial score (nSPS) is 11.6. The molecule has 20 heavy (non-hydrogen) atoms. The zero-order valence-corrected chi connectivity index (χ0v) is 13.0. The van der Waals surface area contributed by atoms with E-state index in [2.05, 4.69) is 20.8 Å². The van der Waals surface area contributed by atoms with E-state index in [-0.39, 0.29) is 17.1 Å². The number of phenols is 2. The minimum Gasteiger partial charge on any atom is -0.504 e. The first-order chi connectivity index (χ1) is 9.58. The maximum absolute atomic E-state index is 9.93. The van der Waals surface area contributed by atoms with Gasteiger partial charge in [-0.3, -0.25) is 0 Å². The summed E-state index contributed by atoms with van der Waals surface area (Å²) in [7, 11) is 0. The highest BCUT2D eigenvalue weighted by Gasteiger charge is 2.30. The Hall–Kier alpha value is -1.38. The number of unbranched alkanes of at least 4 members (excludes halogenated alkanes) is 2. The molecule has 0 amide bonds. The lowest BCUT2D eigenvalue weighted by atomic mass is 9.88. The summed E-state index contributed by atoms with van der Waals surface area (Å²) in [6.07, 6.45) is 7.34. The fourth-order valence-corrected chi connectivity index (χ4v) is 2.48. The van der Waals surface area contributed by atoms with E-state index < -0.39 is 0 Å². The van der Waals surface area contributed by atoms with Crippen LogP contribution in [-0.4, -0.2) is 15.8 Å². The van der Waals surface area contributed by atoms with E-state index in [1.165, 1.54) is 6.07 Å². The van der Waals surface area contributed by atoms with Gasteiger partial charge in [0, 0.05) is 0 Å². The van der Waals surface area contributed by atoms with E-state index >= 15 is 0 Å². The van der Waals surface area contributed by atoms with Crippen LogP contribution < -0.4 is 4.74 Å². The van der Waals surface area contributed by atoms with Crippen LogP contribution in [0, 0.1) is 0 Å². The molecule has 1 aromatic carbocycles. The van der Waals surface area contributed by atoms with Crippen molar-refractivity contribution in [2.45, 2.75) is 71.3 Å². The van der Waals surface area contributed by atoms with E-state index in [1.807, 2.05) is 0 Å². The first-order valence-electron chi connectivity index (χ1n) is 7.78. The Bertz CT molecular complexity index is 393. The molecule has 0 aliphatic carbocycles. The molecule has 0 heterocycles. The lowest BCUT2D eigenvalue weighted by Crippen LogP contribution is -2.35. The van der Waals surface area contributed by atoms with Gasteiger partial charge in [0.05, 0.1) is 0 Å². The van der Waals surface area contributed by atoms with Crippen LogP contribution in [0.3, 0.4) is 0 Å². The average Bonchev–Trinajstić information content (AvgIpc) is 2.47. The second kappa shape index (κ2) is 8.03. The van der Waals surface area contributed by atoms with Gasteiger partial charge in [-0.2, -0.15) is 0 Å². The van der Waals surface area contributed by atoms with Crippen molar-refractivity contribution in [3.63, 3.8) is 0 Å². The first kappa shape index (κ1) is 16.7. The van der Waals surface area contributed by atoms with Gasteiger partial charge in [0.1, 0.15) is 5.60 Å². The Balaban J connectivity index is 2.94. The monoisotopic (exact) mass is 280 g/mol. The number of para-hydroxylation sites is 1. The molecule has 0 saturated heterocycles. The fraction of sp³-hybridized carbons (Fsp3) is 0.647. The minimum absolute atomic E-state index is 0.126. The maximum atomic E-state index is 9.93. The van der Waals surface area contributed by atoms with Crippen molar-refractivity contribution in [2.24, 2.45) is 0 Å². The largest absolute Gasteiger partial charge is 0.504 e. The minimum atomic E-state index is -0.239. The molecule has 0 radical (unpaired) electrons. The summed E-state index contributed by atoms with van der Waals surface area (Å²) in [4.78, 5) is 0. The molecule has 3 heteroatoms. The molecular formula is C17H28O3. The van der Waals surface area contributed by atoms with Gasteiger partial charge in [0.2, 0.25) is 5.75 Å². The van der Waals surface area contributed by atoms with Crippen LogP contribution >= 0.6 is 0 Å². The average molecular weight is 280 g/mol. The van der Waals surface area contributed by atoms with Crippen molar-refractivity contribution in [3.8, 4) is 17.2 Å². The van der Waals surface area contributed by atoms with Crippen molar-refractivity contribution in [1.29, 1.82) is 0 Å². The molecule has 0 aliphatic heterocycles. The Morgan fingerprint density at radius 1 is 1.00 bits per heavy atom. The zero-order chi connectivity index (χ0) is 15.0. The Morgan fingerprint density at radius 2 is 1.60 bits per heavy atom. The third-order valence-electron chi connectivity index (χ3n) is 3.92. The van der Waals surface area contributed by atoms with Gasteiger partial charge < -0.3 is 14.9 Å². The molecule has 2 N–H and O–H groups in total. The summed E-state index contributed by atoms with van der Waals surface area (Å²) in [5.74, 6) is 0.107. The van der Waals surface area contributed by atoms with Crippen LogP contribution in [0.5, 0.6) is 17.2 Å². The number of benzene rings is 1. The quantitative estimate of drug-likeness (QED) is 0.625. The molecule has 0 fully saturated rings. The van der Waals surface area contributed by atoms with Gasteiger partial charge in [0.15, 0.2) is 11.5 Å². The lowest BCUT2D eigenvalue weighted by molar-refractivity contribution is 0.0387. The summed E-state index contributed by atoms with van der Waals surface area (Å²) in [5, 5.41) is 19.5. The van der Waals surface area contributed by atoms with E-state index in [0.717, 1.165) is 44.9 Å². The molecule has 114 valence electrons. The van der Waals surface area contributed by atoms with Crippen LogP contribution in [0.15, 0.2) is 18.2 Å². The third kappa shape index (κ3) is 4.32. The molecule has 0 unspecified atom stereocenters. The lowest BCUT2D eigenvalue weighted by Gasteiger charge is -2.34. The van der Waals surface area contributed by atoms with Gasteiger partial charge in [0.25, 0.3) is 0 Å². The second-order valence-corrected chi connectivity index (χ2v) is 5.47. The topological polar surface area (TPSA) is 49.7 Å². The van der Waals surface area contributed by atoms with Gasteiger partial charge in [-0.05, 0) is 44.2 Å². The van der Waals surface area contributed by atoms with Crippen LogP contribution in [0.1, 0.15) is 65.7 Å².